The number of methoxy groups -OCH3 is 2. The Morgan fingerprint density at radius 1 is 1.08 bits per heavy atom. The summed E-state index contributed by atoms with van der Waals surface area (Å²) in [5.74, 6) is -4.17. The number of carbonyl (C=O) groups is 4. The summed E-state index contributed by atoms with van der Waals surface area (Å²) < 4.78 is 10.2. The van der Waals surface area contributed by atoms with Gasteiger partial charge in [-0.3, -0.25) is 34.7 Å². The van der Waals surface area contributed by atoms with Gasteiger partial charge in [-0.05, 0) is 30.5 Å². The SMILES string of the molecule is COC(=O)[C@@H]1Cc2c([nH]c3ccccc23)[C@@](C(=O)OC)([C@H]2CCCN(C(=O)c3ccccc3[N+](=O)[O-])C2=O)N1. The van der Waals surface area contributed by atoms with Gasteiger partial charge in [0.25, 0.3) is 11.6 Å². The molecule has 1 saturated heterocycles. The molecule has 0 bridgehead atoms. The van der Waals surface area contributed by atoms with E-state index in [-0.39, 0.29) is 24.9 Å². The summed E-state index contributed by atoms with van der Waals surface area (Å²) in [4.78, 5) is 69.2. The Balaban J connectivity index is 1.66. The van der Waals surface area contributed by atoms with Crippen LogP contribution >= 0.6 is 0 Å². The second-order valence-electron chi connectivity index (χ2n) is 9.51. The lowest BCUT2D eigenvalue weighted by molar-refractivity contribution is -0.385. The number of ether oxygens (including phenoxy) is 2. The average Bonchev–Trinajstić information content (AvgIpc) is 3.34. The van der Waals surface area contributed by atoms with Crippen molar-refractivity contribution >= 4 is 40.3 Å². The normalized spacial score (nSPS) is 22.7. The number of carbonyl (C=O) groups excluding carboxylic acids is 4. The molecular weight excluding hydrogens is 508 g/mol. The van der Waals surface area contributed by atoms with E-state index in [1.165, 1.54) is 38.5 Å². The lowest BCUT2D eigenvalue weighted by atomic mass is 9.71. The van der Waals surface area contributed by atoms with Crippen LogP contribution in [0.5, 0.6) is 0 Å². The first-order valence-electron chi connectivity index (χ1n) is 12.4. The summed E-state index contributed by atoms with van der Waals surface area (Å²) in [6.07, 6.45) is 0.691. The maximum atomic E-state index is 14.1. The first-order chi connectivity index (χ1) is 18.7. The molecule has 0 radical (unpaired) electrons. The van der Waals surface area contributed by atoms with E-state index in [4.69, 9.17) is 9.47 Å². The predicted molar refractivity (Wildman–Crippen MR) is 137 cm³/mol. The molecule has 12 heteroatoms. The number of nitro benzene ring substituents is 1. The van der Waals surface area contributed by atoms with Crippen LogP contribution in [-0.4, -0.2) is 65.4 Å². The van der Waals surface area contributed by atoms with Crippen LogP contribution in [0.2, 0.25) is 0 Å². The number of H-pyrrole nitrogens is 1. The Hall–Kier alpha value is -4.58. The highest BCUT2D eigenvalue weighted by Gasteiger charge is 2.59. The number of rotatable bonds is 5. The van der Waals surface area contributed by atoms with Crippen LogP contribution in [0.15, 0.2) is 48.5 Å². The Labute approximate surface area is 222 Å². The Bertz CT molecular complexity index is 1510. The number of imide groups is 1. The molecule has 3 atom stereocenters. The molecule has 0 unspecified atom stereocenters. The smallest absolute Gasteiger partial charge is 0.333 e. The number of para-hydroxylation sites is 2. The molecule has 2 aliphatic rings. The first kappa shape index (κ1) is 26.0. The van der Waals surface area contributed by atoms with Gasteiger partial charge in [-0.2, -0.15) is 0 Å². The average molecular weight is 535 g/mol. The first-order valence-corrected chi connectivity index (χ1v) is 12.4. The number of piperidine rings is 1. The quantitative estimate of drug-likeness (QED) is 0.216. The van der Waals surface area contributed by atoms with Crippen molar-refractivity contribution in [2.45, 2.75) is 30.8 Å². The van der Waals surface area contributed by atoms with E-state index in [1.54, 1.807) is 0 Å². The zero-order valence-corrected chi connectivity index (χ0v) is 21.3. The van der Waals surface area contributed by atoms with Crippen molar-refractivity contribution in [3.63, 3.8) is 0 Å². The highest BCUT2D eigenvalue weighted by atomic mass is 16.6. The van der Waals surface area contributed by atoms with E-state index < -0.39 is 51.9 Å². The summed E-state index contributed by atoms with van der Waals surface area (Å²) in [6, 6.07) is 11.7. The fourth-order valence-electron chi connectivity index (χ4n) is 5.81. The number of amides is 2. The van der Waals surface area contributed by atoms with Gasteiger partial charge in [-0.1, -0.05) is 30.3 Å². The fourth-order valence-corrected chi connectivity index (χ4v) is 5.81. The van der Waals surface area contributed by atoms with E-state index >= 15 is 0 Å². The highest BCUT2D eigenvalue weighted by Crippen LogP contribution is 2.44. The van der Waals surface area contributed by atoms with Gasteiger partial charge in [0.1, 0.15) is 11.6 Å². The van der Waals surface area contributed by atoms with Gasteiger partial charge < -0.3 is 14.5 Å². The number of fused-ring (bicyclic) bond motifs is 3. The molecule has 2 N–H and O–H groups in total. The van der Waals surface area contributed by atoms with E-state index in [0.717, 1.165) is 10.3 Å². The van der Waals surface area contributed by atoms with Gasteiger partial charge in [0.15, 0.2) is 5.54 Å². The summed E-state index contributed by atoms with van der Waals surface area (Å²) in [6.45, 7) is 0.0114. The van der Waals surface area contributed by atoms with Crippen molar-refractivity contribution in [3.8, 4) is 0 Å². The maximum Gasteiger partial charge on any atom is 0.333 e. The zero-order valence-electron chi connectivity index (χ0n) is 21.3. The largest absolute Gasteiger partial charge is 0.468 e. The number of nitrogens with zero attached hydrogens (tertiary/aromatic N) is 2. The minimum absolute atomic E-state index is 0.0114. The second kappa shape index (κ2) is 9.95. The van der Waals surface area contributed by atoms with E-state index in [2.05, 4.69) is 10.3 Å². The van der Waals surface area contributed by atoms with Crippen molar-refractivity contribution in [2.75, 3.05) is 20.8 Å². The zero-order chi connectivity index (χ0) is 27.9. The van der Waals surface area contributed by atoms with Crippen molar-refractivity contribution in [1.29, 1.82) is 0 Å². The molecule has 2 aromatic carbocycles. The van der Waals surface area contributed by atoms with Crippen LogP contribution in [0.4, 0.5) is 5.69 Å². The van der Waals surface area contributed by atoms with Crippen LogP contribution in [0.1, 0.15) is 34.5 Å². The van der Waals surface area contributed by atoms with E-state index in [1.807, 2.05) is 24.3 Å². The summed E-state index contributed by atoms with van der Waals surface area (Å²) in [5, 5.41) is 15.4. The number of esters is 2. The Morgan fingerprint density at radius 3 is 2.51 bits per heavy atom. The molecule has 0 aliphatic carbocycles. The van der Waals surface area contributed by atoms with Crippen LogP contribution in [-0.2, 0) is 35.8 Å². The molecule has 12 nitrogen and oxygen atoms in total. The van der Waals surface area contributed by atoms with E-state index in [9.17, 15) is 29.3 Å². The van der Waals surface area contributed by atoms with Crippen molar-refractivity contribution in [1.82, 2.24) is 15.2 Å². The standard InChI is InChI=1S/C27H26N4O8/c1-38-25(34)20-14-17-15-8-3-5-11-19(15)28-22(17)27(29-20,26(35)39-2)18-10-7-13-30(24(18)33)23(32)16-9-4-6-12-21(16)31(36)37/h3-6,8-9,11-12,18,20,28-29H,7,10,13-14H2,1-2H3/t18-,20-,27+/m0/s1. The molecule has 39 heavy (non-hydrogen) atoms. The van der Waals surface area contributed by atoms with Gasteiger partial charge >= 0.3 is 11.9 Å². The molecule has 2 aliphatic heterocycles. The monoisotopic (exact) mass is 534 g/mol. The van der Waals surface area contributed by atoms with Gasteiger partial charge in [0, 0.05) is 29.9 Å². The third-order valence-corrected chi connectivity index (χ3v) is 7.55. The highest BCUT2D eigenvalue weighted by molar-refractivity contribution is 6.09. The predicted octanol–water partition coefficient (Wildman–Crippen LogP) is 2.21. The molecule has 0 spiro atoms. The maximum absolute atomic E-state index is 14.1. The lowest BCUT2D eigenvalue weighted by Gasteiger charge is -2.46. The number of hydrogen-bond acceptors (Lipinski definition) is 9. The number of nitro groups is 1. The number of likely N-dealkylation sites (tertiary alicyclic amines) is 1. The van der Waals surface area contributed by atoms with Crippen molar-refractivity contribution in [3.05, 3.63) is 75.5 Å². The van der Waals surface area contributed by atoms with Crippen molar-refractivity contribution < 1.29 is 33.6 Å². The van der Waals surface area contributed by atoms with Crippen LogP contribution in [0.25, 0.3) is 10.9 Å². The van der Waals surface area contributed by atoms with Crippen molar-refractivity contribution in [2.24, 2.45) is 5.92 Å². The van der Waals surface area contributed by atoms with Crippen LogP contribution < -0.4 is 5.32 Å². The third kappa shape index (κ3) is 4.04. The molecule has 3 heterocycles. The molecule has 2 amide bonds. The summed E-state index contributed by atoms with van der Waals surface area (Å²) >= 11 is 0. The molecule has 1 aromatic heterocycles. The number of aromatic amines is 1. The number of benzene rings is 2. The Morgan fingerprint density at radius 2 is 1.79 bits per heavy atom. The molecule has 5 rings (SSSR count). The minimum Gasteiger partial charge on any atom is -0.468 e. The van der Waals surface area contributed by atoms with Crippen LogP contribution in [0.3, 0.4) is 0 Å². The Kier molecular flexibility index (Phi) is 6.64. The van der Waals surface area contributed by atoms with Gasteiger partial charge in [-0.15, -0.1) is 0 Å². The summed E-state index contributed by atoms with van der Waals surface area (Å²) in [7, 11) is 2.41. The number of nitrogens with one attached hydrogen (secondary N) is 2. The number of aromatic nitrogens is 1. The molecular formula is C27H26N4O8. The van der Waals surface area contributed by atoms with E-state index in [0.29, 0.717) is 23.2 Å². The minimum atomic E-state index is -1.86. The molecule has 1 fully saturated rings. The third-order valence-electron chi connectivity index (χ3n) is 7.55. The van der Waals surface area contributed by atoms with Gasteiger partial charge in [0.05, 0.1) is 30.8 Å². The van der Waals surface area contributed by atoms with Gasteiger partial charge in [0.2, 0.25) is 5.91 Å². The topological polar surface area (TPSA) is 161 Å². The second-order valence-corrected chi connectivity index (χ2v) is 9.51. The molecule has 202 valence electrons. The molecule has 0 saturated carbocycles. The number of hydrogen-bond donors (Lipinski definition) is 2. The fraction of sp³-hybridized carbons (Fsp3) is 0.333. The molecule has 3 aromatic rings. The lowest BCUT2D eigenvalue weighted by Crippen LogP contribution is -2.67. The summed E-state index contributed by atoms with van der Waals surface area (Å²) in [5.41, 5.74) is -0.814. The van der Waals surface area contributed by atoms with Crippen LogP contribution in [0, 0.1) is 16.0 Å². The van der Waals surface area contributed by atoms with Gasteiger partial charge in [-0.25, -0.2) is 4.79 Å².